The van der Waals surface area contributed by atoms with E-state index in [1.165, 1.54) is 30.0 Å². The molecule has 0 amide bonds. The zero-order chi connectivity index (χ0) is 18.1. The summed E-state index contributed by atoms with van der Waals surface area (Å²) in [6, 6.07) is 4.31. The van der Waals surface area contributed by atoms with Gasteiger partial charge in [-0.1, -0.05) is 13.0 Å². The van der Waals surface area contributed by atoms with Gasteiger partial charge in [0.05, 0.1) is 28.6 Å². The number of hydrogen-bond acceptors (Lipinski definition) is 7. The largest absolute Gasteiger partial charge is 0.466 e. The number of nitro groups is 1. The number of esters is 2. The Hall–Kier alpha value is -2.09. The summed E-state index contributed by atoms with van der Waals surface area (Å²) >= 11 is 1.19. The average molecular weight is 355 g/mol. The summed E-state index contributed by atoms with van der Waals surface area (Å²) in [5.74, 6) is -0.903. The van der Waals surface area contributed by atoms with Crippen molar-refractivity contribution in [2.45, 2.75) is 43.8 Å². The zero-order valence-electron chi connectivity index (χ0n) is 13.9. The molecule has 1 atom stereocenters. The van der Waals surface area contributed by atoms with Crippen molar-refractivity contribution in [3.63, 3.8) is 0 Å². The van der Waals surface area contributed by atoms with Crippen molar-refractivity contribution >= 4 is 29.4 Å². The molecule has 0 heterocycles. The van der Waals surface area contributed by atoms with Gasteiger partial charge in [0.1, 0.15) is 0 Å². The molecule has 0 spiro atoms. The number of ether oxygens (including phenoxy) is 2. The van der Waals surface area contributed by atoms with E-state index in [1.807, 2.05) is 6.92 Å². The lowest BCUT2D eigenvalue weighted by molar-refractivity contribution is -0.387. The highest BCUT2D eigenvalue weighted by Gasteiger charge is 2.24. The van der Waals surface area contributed by atoms with Crippen LogP contribution >= 0.6 is 11.8 Å². The molecule has 0 aromatic heterocycles. The molecule has 0 aliphatic carbocycles. The molecular weight excluding hydrogens is 334 g/mol. The maximum Gasteiger partial charge on any atom is 0.339 e. The Labute approximate surface area is 144 Å². The van der Waals surface area contributed by atoms with Gasteiger partial charge in [-0.05, 0) is 26.3 Å². The fraction of sp³-hybridized carbons (Fsp3) is 0.500. The molecule has 0 saturated heterocycles. The van der Waals surface area contributed by atoms with Gasteiger partial charge in [-0.3, -0.25) is 14.9 Å². The minimum atomic E-state index is -0.596. The number of nitrogens with zero attached hydrogens (tertiary/aromatic N) is 1. The predicted octanol–water partition coefficient (Wildman–Crippen LogP) is 3.60. The molecule has 7 nitrogen and oxygen atoms in total. The van der Waals surface area contributed by atoms with Crippen molar-refractivity contribution in [2.75, 3.05) is 13.2 Å². The Morgan fingerprint density at radius 2 is 1.92 bits per heavy atom. The van der Waals surface area contributed by atoms with E-state index >= 15 is 0 Å². The normalized spacial score (nSPS) is 11.6. The van der Waals surface area contributed by atoms with Gasteiger partial charge in [0.15, 0.2) is 0 Å². The van der Waals surface area contributed by atoms with Gasteiger partial charge in [0.2, 0.25) is 0 Å². The van der Waals surface area contributed by atoms with Gasteiger partial charge in [-0.15, -0.1) is 11.8 Å². The highest BCUT2D eigenvalue weighted by Crippen LogP contribution is 2.36. The molecule has 0 aliphatic heterocycles. The average Bonchev–Trinajstić information content (AvgIpc) is 2.53. The minimum Gasteiger partial charge on any atom is -0.466 e. The zero-order valence-corrected chi connectivity index (χ0v) is 14.8. The van der Waals surface area contributed by atoms with Crippen LogP contribution in [0.2, 0.25) is 0 Å². The van der Waals surface area contributed by atoms with Crippen LogP contribution in [-0.4, -0.2) is 35.3 Å². The second-order valence-corrected chi connectivity index (χ2v) is 6.35. The quantitative estimate of drug-likeness (QED) is 0.289. The van der Waals surface area contributed by atoms with E-state index in [4.69, 9.17) is 9.47 Å². The maximum absolute atomic E-state index is 12.0. The van der Waals surface area contributed by atoms with Gasteiger partial charge < -0.3 is 9.47 Å². The second kappa shape index (κ2) is 9.92. The van der Waals surface area contributed by atoms with E-state index < -0.39 is 10.9 Å². The first kappa shape index (κ1) is 20.0. The second-order valence-electron chi connectivity index (χ2n) is 4.90. The Balaban J connectivity index is 2.96. The van der Waals surface area contributed by atoms with Crippen LogP contribution in [0, 0.1) is 10.1 Å². The fourth-order valence-corrected chi connectivity index (χ4v) is 3.16. The standard InChI is InChI=1S/C16H21NO6S/c1-4-22-14(18)10-9-11(3)24-15-12(16(19)23-5-2)7-6-8-13(15)17(20)21/h6-8,11H,4-5,9-10H2,1-3H3/t11-/m0/s1. The molecular formula is C16H21NO6S. The third-order valence-electron chi connectivity index (χ3n) is 3.07. The molecule has 1 aromatic carbocycles. The van der Waals surface area contributed by atoms with E-state index in [2.05, 4.69) is 0 Å². The molecule has 132 valence electrons. The van der Waals surface area contributed by atoms with Crippen LogP contribution in [0.1, 0.15) is 44.0 Å². The first-order valence-electron chi connectivity index (χ1n) is 7.67. The number of thioether (sulfide) groups is 1. The topological polar surface area (TPSA) is 95.7 Å². The predicted molar refractivity (Wildman–Crippen MR) is 90.2 cm³/mol. The van der Waals surface area contributed by atoms with Gasteiger partial charge in [-0.2, -0.15) is 0 Å². The van der Waals surface area contributed by atoms with E-state index in [-0.39, 0.29) is 40.4 Å². The van der Waals surface area contributed by atoms with Crippen LogP contribution in [0.4, 0.5) is 5.69 Å². The summed E-state index contributed by atoms with van der Waals surface area (Å²) in [6.45, 7) is 5.75. The molecule has 24 heavy (non-hydrogen) atoms. The van der Waals surface area contributed by atoms with Crippen LogP contribution in [0.5, 0.6) is 0 Å². The molecule has 0 saturated carbocycles. The first-order valence-corrected chi connectivity index (χ1v) is 8.55. The summed E-state index contributed by atoms with van der Waals surface area (Å²) in [7, 11) is 0. The third kappa shape index (κ3) is 5.84. The number of nitro benzene ring substituents is 1. The highest BCUT2D eigenvalue weighted by atomic mass is 32.2. The van der Waals surface area contributed by atoms with Crippen LogP contribution < -0.4 is 0 Å². The molecule has 0 fully saturated rings. The molecule has 0 N–H and O–H groups in total. The Morgan fingerprint density at radius 3 is 2.50 bits per heavy atom. The summed E-state index contributed by atoms with van der Waals surface area (Å²) < 4.78 is 9.83. The maximum atomic E-state index is 12.0. The van der Waals surface area contributed by atoms with Crippen molar-refractivity contribution in [3.8, 4) is 0 Å². The molecule has 0 aliphatic rings. The van der Waals surface area contributed by atoms with Crippen molar-refractivity contribution in [2.24, 2.45) is 0 Å². The van der Waals surface area contributed by atoms with E-state index in [0.717, 1.165) is 0 Å². The lowest BCUT2D eigenvalue weighted by Crippen LogP contribution is -2.10. The van der Waals surface area contributed by atoms with E-state index in [0.29, 0.717) is 13.0 Å². The van der Waals surface area contributed by atoms with Gasteiger partial charge in [0.25, 0.3) is 5.69 Å². The minimum absolute atomic E-state index is 0.108. The van der Waals surface area contributed by atoms with E-state index in [1.54, 1.807) is 13.8 Å². The number of rotatable bonds is 9. The molecule has 1 aromatic rings. The monoisotopic (exact) mass is 355 g/mol. The van der Waals surface area contributed by atoms with Crippen LogP contribution in [0.15, 0.2) is 23.1 Å². The van der Waals surface area contributed by atoms with Crippen molar-refractivity contribution < 1.29 is 24.0 Å². The molecule has 0 bridgehead atoms. The number of benzene rings is 1. The first-order chi connectivity index (χ1) is 11.4. The Kier molecular flexibility index (Phi) is 8.25. The van der Waals surface area contributed by atoms with Gasteiger partial charge in [-0.25, -0.2) is 4.79 Å². The number of carbonyl (C=O) groups is 2. The summed E-state index contributed by atoms with van der Waals surface area (Å²) in [5, 5.41) is 11.1. The highest BCUT2D eigenvalue weighted by molar-refractivity contribution is 8.00. The Bertz CT molecular complexity index is 604. The Morgan fingerprint density at radius 1 is 1.25 bits per heavy atom. The number of carbonyl (C=O) groups excluding carboxylic acids is 2. The van der Waals surface area contributed by atoms with Crippen molar-refractivity contribution in [1.29, 1.82) is 0 Å². The van der Waals surface area contributed by atoms with Gasteiger partial charge in [0, 0.05) is 17.7 Å². The lowest BCUT2D eigenvalue weighted by atomic mass is 10.2. The third-order valence-corrected chi connectivity index (χ3v) is 4.37. The van der Waals surface area contributed by atoms with Crippen molar-refractivity contribution in [3.05, 3.63) is 33.9 Å². The van der Waals surface area contributed by atoms with Gasteiger partial charge >= 0.3 is 11.9 Å². The molecule has 1 rings (SSSR count). The SMILES string of the molecule is CCOC(=O)CC[C@H](C)Sc1c(C(=O)OCC)cccc1[N+](=O)[O-]. The van der Waals surface area contributed by atoms with Crippen LogP contribution in [0.3, 0.4) is 0 Å². The molecule has 8 heteroatoms. The van der Waals surface area contributed by atoms with Crippen LogP contribution in [0.25, 0.3) is 0 Å². The summed E-state index contributed by atoms with van der Waals surface area (Å²) in [4.78, 5) is 34.5. The fourth-order valence-electron chi connectivity index (χ4n) is 1.98. The molecule has 0 radical (unpaired) electrons. The molecule has 0 unspecified atom stereocenters. The number of hydrogen-bond donors (Lipinski definition) is 0. The smallest absolute Gasteiger partial charge is 0.339 e. The van der Waals surface area contributed by atoms with Crippen LogP contribution in [-0.2, 0) is 14.3 Å². The summed E-state index contributed by atoms with van der Waals surface area (Å²) in [5.41, 5.74) is 0.0209. The van der Waals surface area contributed by atoms with Crippen molar-refractivity contribution in [1.82, 2.24) is 0 Å². The van der Waals surface area contributed by atoms with E-state index in [9.17, 15) is 19.7 Å². The summed E-state index contributed by atoms with van der Waals surface area (Å²) in [6.07, 6.45) is 0.704. The lowest BCUT2D eigenvalue weighted by Gasteiger charge is -2.14.